The van der Waals surface area contributed by atoms with Crippen LogP contribution >= 0.6 is 0 Å². The van der Waals surface area contributed by atoms with E-state index in [0.717, 1.165) is 38.8 Å². The van der Waals surface area contributed by atoms with Gasteiger partial charge in [0.1, 0.15) is 0 Å². The van der Waals surface area contributed by atoms with Crippen LogP contribution in [0.1, 0.15) is 50.5 Å². The fourth-order valence-corrected chi connectivity index (χ4v) is 3.65. The predicted molar refractivity (Wildman–Crippen MR) is 85.3 cm³/mol. The van der Waals surface area contributed by atoms with Crippen LogP contribution in [0.4, 0.5) is 0 Å². The Morgan fingerprint density at radius 3 is 2.62 bits per heavy atom. The maximum atomic E-state index is 12.3. The summed E-state index contributed by atoms with van der Waals surface area (Å²) >= 11 is 0. The number of rotatable bonds is 5. The molecule has 1 N–H and O–H groups in total. The van der Waals surface area contributed by atoms with Gasteiger partial charge in [-0.15, -0.1) is 0 Å². The fraction of sp³-hybridized carbons (Fsp3) is 0.611. The van der Waals surface area contributed by atoms with Gasteiger partial charge < -0.3 is 10.2 Å². The van der Waals surface area contributed by atoms with Crippen molar-refractivity contribution >= 4 is 5.91 Å². The molecular formula is C18H26N2O. The van der Waals surface area contributed by atoms with Crippen molar-refractivity contribution in [3.05, 3.63) is 35.9 Å². The second-order valence-electron chi connectivity index (χ2n) is 6.47. The molecule has 1 aromatic rings. The van der Waals surface area contributed by atoms with Crippen LogP contribution in [-0.4, -0.2) is 36.0 Å². The Labute approximate surface area is 127 Å². The van der Waals surface area contributed by atoms with Crippen molar-refractivity contribution in [2.24, 2.45) is 0 Å². The van der Waals surface area contributed by atoms with E-state index in [1.54, 1.807) is 0 Å². The number of nitrogens with zero attached hydrogens (tertiary/aromatic N) is 1. The van der Waals surface area contributed by atoms with E-state index in [0.29, 0.717) is 12.5 Å². The lowest BCUT2D eigenvalue weighted by molar-refractivity contribution is -0.131. The SMILES string of the molecule is CCC1(NCC(=O)N2CCCCC2)CC1c1ccccc1. The van der Waals surface area contributed by atoms with Gasteiger partial charge in [0, 0.05) is 24.5 Å². The molecule has 21 heavy (non-hydrogen) atoms. The molecule has 0 aromatic heterocycles. The quantitative estimate of drug-likeness (QED) is 0.902. The average molecular weight is 286 g/mol. The summed E-state index contributed by atoms with van der Waals surface area (Å²) in [5.74, 6) is 0.846. The number of hydrogen-bond donors (Lipinski definition) is 1. The van der Waals surface area contributed by atoms with Crippen LogP contribution < -0.4 is 5.32 Å². The number of amides is 1. The van der Waals surface area contributed by atoms with Crippen molar-refractivity contribution in [2.45, 2.75) is 50.5 Å². The van der Waals surface area contributed by atoms with Crippen molar-refractivity contribution in [2.75, 3.05) is 19.6 Å². The molecule has 2 unspecified atom stereocenters. The van der Waals surface area contributed by atoms with Crippen LogP contribution in [-0.2, 0) is 4.79 Å². The van der Waals surface area contributed by atoms with Crippen LogP contribution in [0.3, 0.4) is 0 Å². The molecule has 1 heterocycles. The van der Waals surface area contributed by atoms with Gasteiger partial charge in [-0.3, -0.25) is 4.79 Å². The Hall–Kier alpha value is -1.35. The molecule has 1 aromatic carbocycles. The smallest absolute Gasteiger partial charge is 0.236 e. The topological polar surface area (TPSA) is 32.3 Å². The fourth-order valence-electron chi connectivity index (χ4n) is 3.65. The van der Waals surface area contributed by atoms with Crippen molar-refractivity contribution in [1.82, 2.24) is 10.2 Å². The number of carbonyl (C=O) groups is 1. The van der Waals surface area contributed by atoms with Gasteiger partial charge >= 0.3 is 0 Å². The zero-order chi connectivity index (χ0) is 14.7. The molecular weight excluding hydrogens is 260 g/mol. The van der Waals surface area contributed by atoms with Crippen LogP contribution in [0.15, 0.2) is 30.3 Å². The molecule has 1 amide bonds. The molecule has 0 radical (unpaired) electrons. The largest absolute Gasteiger partial charge is 0.342 e. The number of nitrogens with one attached hydrogen (secondary N) is 1. The van der Waals surface area contributed by atoms with E-state index in [-0.39, 0.29) is 11.4 Å². The molecule has 0 bridgehead atoms. The van der Waals surface area contributed by atoms with Crippen molar-refractivity contribution < 1.29 is 4.79 Å². The van der Waals surface area contributed by atoms with E-state index >= 15 is 0 Å². The highest BCUT2D eigenvalue weighted by molar-refractivity contribution is 5.78. The normalized spacial score (nSPS) is 28.4. The first-order valence-corrected chi connectivity index (χ1v) is 8.33. The van der Waals surface area contributed by atoms with Crippen LogP contribution in [0, 0.1) is 0 Å². The molecule has 3 nitrogen and oxygen atoms in total. The highest BCUT2D eigenvalue weighted by Crippen LogP contribution is 2.53. The summed E-state index contributed by atoms with van der Waals surface area (Å²) in [4.78, 5) is 14.3. The first-order valence-electron chi connectivity index (χ1n) is 8.33. The zero-order valence-corrected chi connectivity index (χ0v) is 13.0. The highest BCUT2D eigenvalue weighted by atomic mass is 16.2. The summed E-state index contributed by atoms with van der Waals surface area (Å²) < 4.78 is 0. The molecule has 3 heteroatoms. The summed E-state index contributed by atoms with van der Waals surface area (Å²) in [5.41, 5.74) is 1.55. The Morgan fingerprint density at radius 2 is 1.95 bits per heavy atom. The minimum Gasteiger partial charge on any atom is -0.342 e. The van der Waals surface area contributed by atoms with E-state index in [9.17, 15) is 4.79 Å². The van der Waals surface area contributed by atoms with E-state index in [1.165, 1.54) is 12.0 Å². The zero-order valence-electron chi connectivity index (χ0n) is 13.0. The minimum atomic E-state index is 0.146. The molecule has 1 saturated heterocycles. The lowest BCUT2D eigenvalue weighted by Crippen LogP contribution is -2.45. The van der Waals surface area contributed by atoms with Gasteiger partial charge in [0.15, 0.2) is 0 Å². The van der Waals surface area contributed by atoms with Crippen molar-refractivity contribution in [3.8, 4) is 0 Å². The third-order valence-electron chi connectivity index (χ3n) is 5.21. The van der Waals surface area contributed by atoms with Crippen LogP contribution in [0.2, 0.25) is 0 Å². The molecule has 1 aliphatic carbocycles. The molecule has 2 aliphatic rings. The van der Waals surface area contributed by atoms with E-state index in [2.05, 4.69) is 42.6 Å². The Balaban J connectivity index is 1.55. The lowest BCUT2D eigenvalue weighted by atomic mass is 10.0. The summed E-state index contributed by atoms with van der Waals surface area (Å²) in [6.45, 7) is 4.61. The number of hydrogen-bond acceptors (Lipinski definition) is 2. The summed E-state index contributed by atoms with van der Waals surface area (Å²) in [6, 6.07) is 10.7. The number of piperidine rings is 1. The first kappa shape index (κ1) is 14.6. The number of likely N-dealkylation sites (tertiary alicyclic amines) is 1. The number of carbonyl (C=O) groups excluding carboxylic acids is 1. The molecule has 2 atom stereocenters. The van der Waals surface area contributed by atoms with Gasteiger partial charge in [-0.05, 0) is 37.7 Å². The van der Waals surface area contributed by atoms with Crippen LogP contribution in [0.25, 0.3) is 0 Å². The van der Waals surface area contributed by atoms with Gasteiger partial charge in [-0.2, -0.15) is 0 Å². The van der Waals surface area contributed by atoms with Crippen molar-refractivity contribution in [1.29, 1.82) is 0 Å². The van der Waals surface area contributed by atoms with Gasteiger partial charge in [-0.25, -0.2) is 0 Å². The Kier molecular flexibility index (Phi) is 4.29. The summed E-state index contributed by atoms with van der Waals surface area (Å²) in [7, 11) is 0. The van der Waals surface area contributed by atoms with Gasteiger partial charge in [0.2, 0.25) is 5.91 Å². The Bertz CT molecular complexity index is 481. The lowest BCUT2D eigenvalue weighted by Gasteiger charge is -2.28. The predicted octanol–water partition coefficient (Wildman–Crippen LogP) is 2.92. The summed E-state index contributed by atoms with van der Waals surface area (Å²) in [5, 5.41) is 3.57. The van der Waals surface area contributed by atoms with Crippen molar-refractivity contribution in [3.63, 3.8) is 0 Å². The van der Waals surface area contributed by atoms with E-state index in [1.807, 2.05) is 4.90 Å². The second-order valence-corrected chi connectivity index (χ2v) is 6.47. The monoisotopic (exact) mass is 286 g/mol. The first-order chi connectivity index (χ1) is 10.2. The maximum Gasteiger partial charge on any atom is 0.236 e. The van der Waals surface area contributed by atoms with E-state index < -0.39 is 0 Å². The second kappa shape index (κ2) is 6.18. The van der Waals surface area contributed by atoms with Crippen LogP contribution in [0.5, 0.6) is 0 Å². The highest BCUT2D eigenvalue weighted by Gasteiger charge is 2.53. The number of benzene rings is 1. The molecule has 2 fully saturated rings. The standard InChI is InChI=1S/C18H26N2O/c1-2-18(13-16(18)15-9-5-3-6-10-15)19-14-17(21)20-11-7-4-8-12-20/h3,5-6,9-10,16,19H,2,4,7-8,11-14H2,1H3. The molecule has 1 saturated carbocycles. The van der Waals surface area contributed by atoms with E-state index in [4.69, 9.17) is 0 Å². The maximum absolute atomic E-state index is 12.3. The molecule has 3 rings (SSSR count). The summed E-state index contributed by atoms with van der Waals surface area (Å²) in [6.07, 6.45) is 5.83. The molecule has 114 valence electrons. The average Bonchev–Trinajstić information content (AvgIpc) is 3.29. The minimum absolute atomic E-state index is 0.146. The Morgan fingerprint density at radius 1 is 1.24 bits per heavy atom. The van der Waals surface area contributed by atoms with Gasteiger partial charge in [0.05, 0.1) is 6.54 Å². The third kappa shape index (κ3) is 3.13. The van der Waals surface area contributed by atoms with Gasteiger partial charge in [-0.1, -0.05) is 37.3 Å². The van der Waals surface area contributed by atoms with Gasteiger partial charge in [0.25, 0.3) is 0 Å². The molecule has 1 aliphatic heterocycles. The molecule has 0 spiro atoms. The third-order valence-corrected chi connectivity index (χ3v) is 5.21.